The van der Waals surface area contributed by atoms with Crippen molar-refractivity contribution in [2.75, 3.05) is 26.2 Å². The Morgan fingerprint density at radius 1 is 1.06 bits per heavy atom. The number of aryl methyl sites for hydroxylation is 1. The van der Waals surface area contributed by atoms with Crippen LogP contribution in [0.2, 0.25) is 0 Å². The van der Waals surface area contributed by atoms with Crippen molar-refractivity contribution in [1.82, 2.24) is 24.4 Å². The highest BCUT2D eigenvalue weighted by molar-refractivity contribution is 6.40. The molecule has 2 amide bonds. The summed E-state index contributed by atoms with van der Waals surface area (Å²) in [7, 11) is 0. The van der Waals surface area contributed by atoms with Crippen LogP contribution in [0.25, 0.3) is 16.9 Å². The Hall–Kier alpha value is -3.88. The summed E-state index contributed by atoms with van der Waals surface area (Å²) in [6.07, 6.45) is 3.35. The molecule has 0 N–H and O–H groups in total. The van der Waals surface area contributed by atoms with Crippen molar-refractivity contribution in [3.8, 4) is 11.3 Å². The van der Waals surface area contributed by atoms with Crippen LogP contribution in [0.1, 0.15) is 55.2 Å². The first-order valence-corrected chi connectivity index (χ1v) is 12.3. The number of aromatic nitrogens is 3. The number of fused-ring (bicyclic) bond motifs is 1. The number of amidine groups is 1. The van der Waals surface area contributed by atoms with Crippen LogP contribution >= 0.6 is 0 Å². The summed E-state index contributed by atoms with van der Waals surface area (Å²) in [6.45, 7) is 11.9. The molecule has 186 valence electrons. The highest BCUT2D eigenvalue weighted by Gasteiger charge is 2.40. The fourth-order valence-electron chi connectivity index (χ4n) is 4.80. The van der Waals surface area contributed by atoms with E-state index < -0.39 is 5.54 Å². The second-order valence-electron chi connectivity index (χ2n) is 10.4. The van der Waals surface area contributed by atoms with E-state index in [0.29, 0.717) is 37.5 Å². The first-order chi connectivity index (χ1) is 17.1. The predicted molar refractivity (Wildman–Crippen MR) is 140 cm³/mol. The van der Waals surface area contributed by atoms with Gasteiger partial charge in [-0.3, -0.25) is 14.6 Å². The molecule has 3 aromatic rings. The van der Waals surface area contributed by atoms with E-state index in [2.05, 4.69) is 61.1 Å². The highest BCUT2D eigenvalue weighted by atomic mass is 16.2. The van der Waals surface area contributed by atoms with Gasteiger partial charge in [0.2, 0.25) is 5.84 Å². The number of carbonyl (C=O) groups is 2. The van der Waals surface area contributed by atoms with Gasteiger partial charge in [0, 0.05) is 37.0 Å². The average molecular weight is 486 g/mol. The van der Waals surface area contributed by atoms with E-state index in [4.69, 9.17) is 10.1 Å². The number of piperazine rings is 1. The molecular weight excluding hydrogens is 454 g/mol. The number of hydrogen-bond donors (Lipinski definition) is 0. The lowest BCUT2D eigenvalue weighted by atomic mass is 9.98. The minimum atomic E-state index is -0.578. The number of amides is 2. The molecule has 0 aliphatic carbocycles. The normalized spacial score (nSPS) is 17.2. The number of hydrogen-bond acceptors (Lipinski definition) is 6. The zero-order valence-electron chi connectivity index (χ0n) is 21.4. The summed E-state index contributed by atoms with van der Waals surface area (Å²) in [5.41, 5.74) is 4.54. The molecule has 1 fully saturated rings. The second kappa shape index (κ2) is 8.96. The number of aliphatic imine (C=N–C) groups is 2. The van der Waals surface area contributed by atoms with E-state index in [-0.39, 0.29) is 23.6 Å². The van der Waals surface area contributed by atoms with Crippen LogP contribution < -0.4 is 0 Å². The molecule has 0 radical (unpaired) electrons. The summed E-state index contributed by atoms with van der Waals surface area (Å²) in [5.74, 6) is 0.0892. The highest BCUT2D eigenvalue weighted by Crippen LogP contribution is 2.28. The van der Waals surface area contributed by atoms with Crippen LogP contribution in [0.4, 0.5) is 0 Å². The monoisotopic (exact) mass is 485 g/mol. The maximum absolute atomic E-state index is 13.7. The van der Waals surface area contributed by atoms with Crippen LogP contribution in [-0.4, -0.2) is 80.0 Å². The van der Waals surface area contributed by atoms with E-state index in [9.17, 15) is 9.59 Å². The number of imidazole rings is 1. The van der Waals surface area contributed by atoms with Gasteiger partial charge in [-0.1, -0.05) is 43.7 Å². The molecule has 2 aromatic heterocycles. The molecule has 9 heteroatoms. The zero-order chi connectivity index (χ0) is 25.6. The molecule has 0 atom stereocenters. The Bertz CT molecular complexity index is 1400. The number of benzene rings is 1. The number of nitrogens with zero attached hydrogens (tertiary/aromatic N) is 7. The van der Waals surface area contributed by atoms with Crippen molar-refractivity contribution < 1.29 is 9.59 Å². The fourth-order valence-corrected chi connectivity index (χ4v) is 4.80. The van der Waals surface area contributed by atoms with Gasteiger partial charge in [0.25, 0.3) is 11.8 Å². The molecule has 1 aromatic carbocycles. The van der Waals surface area contributed by atoms with E-state index in [1.165, 1.54) is 5.56 Å². The summed E-state index contributed by atoms with van der Waals surface area (Å²) >= 11 is 0. The summed E-state index contributed by atoms with van der Waals surface area (Å²) in [6, 6.07) is 10.3. The third-order valence-electron chi connectivity index (χ3n) is 6.80. The van der Waals surface area contributed by atoms with E-state index in [0.717, 1.165) is 16.8 Å². The third kappa shape index (κ3) is 4.29. The Morgan fingerprint density at radius 3 is 2.44 bits per heavy atom. The average Bonchev–Trinajstić information content (AvgIpc) is 3.52. The van der Waals surface area contributed by atoms with Gasteiger partial charge in [-0.25, -0.2) is 14.5 Å². The van der Waals surface area contributed by atoms with Crippen molar-refractivity contribution in [2.24, 2.45) is 9.98 Å². The molecular formula is C27H31N7O2. The van der Waals surface area contributed by atoms with Crippen molar-refractivity contribution in [2.45, 2.75) is 46.1 Å². The maximum Gasteiger partial charge on any atom is 0.291 e. The fraction of sp³-hybridized carbons (Fsp3) is 0.407. The largest absolute Gasteiger partial charge is 0.332 e. The van der Waals surface area contributed by atoms with Gasteiger partial charge in [0.15, 0.2) is 5.65 Å². The standard InChI is InChI=1S/C27H31N7O2/c1-17(2)20-14-21(19-8-6-18(3)7-9-19)31-34-15-22(30-24(20)34)25(35)33-13-12-32(16-27(33,4)5)26(36)23-28-10-11-29-23/h6-10,14-15,17H,11-13,16H2,1-5H3. The summed E-state index contributed by atoms with van der Waals surface area (Å²) in [4.78, 5) is 42.9. The molecule has 2 aliphatic heterocycles. The van der Waals surface area contributed by atoms with E-state index in [1.807, 2.05) is 13.8 Å². The van der Waals surface area contributed by atoms with E-state index in [1.54, 1.807) is 26.7 Å². The number of rotatable bonds is 4. The maximum atomic E-state index is 13.7. The van der Waals surface area contributed by atoms with Crippen molar-refractivity contribution in [1.29, 1.82) is 0 Å². The smallest absolute Gasteiger partial charge is 0.291 e. The van der Waals surface area contributed by atoms with Gasteiger partial charge in [0.1, 0.15) is 5.69 Å². The summed E-state index contributed by atoms with van der Waals surface area (Å²) < 4.78 is 1.72. The molecule has 0 unspecified atom stereocenters. The molecule has 5 rings (SSSR count). The van der Waals surface area contributed by atoms with Crippen LogP contribution in [0.15, 0.2) is 46.5 Å². The Balaban J connectivity index is 1.44. The van der Waals surface area contributed by atoms with Crippen molar-refractivity contribution >= 4 is 29.5 Å². The molecule has 9 nitrogen and oxygen atoms in total. The molecule has 36 heavy (non-hydrogen) atoms. The lowest BCUT2D eigenvalue weighted by Gasteiger charge is -2.46. The summed E-state index contributed by atoms with van der Waals surface area (Å²) in [5, 5.41) is 4.79. The molecule has 0 spiro atoms. The Labute approximate surface area is 210 Å². The van der Waals surface area contributed by atoms with Crippen LogP contribution in [0.5, 0.6) is 0 Å². The number of carbonyl (C=O) groups excluding carboxylic acids is 2. The predicted octanol–water partition coefficient (Wildman–Crippen LogP) is 3.37. The van der Waals surface area contributed by atoms with Gasteiger partial charge in [0.05, 0.1) is 24.0 Å². The molecule has 0 saturated carbocycles. The van der Waals surface area contributed by atoms with Gasteiger partial charge < -0.3 is 9.80 Å². The minimum absolute atomic E-state index is 0.166. The Morgan fingerprint density at radius 2 is 1.81 bits per heavy atom. The van der Waals surface area contributed by atoms with Crippen LogP contribution in [0, 0.1) is 6.92 Å². The van der Waals surface area contributed by atoms with Crippen molar-refractivity contribution in [3.63, 3.8) is 0 Å². The quantitative estimate of drug-likeness (QED) is 0.566. The molecule has 0 bridgehead atoms. The molecule has 4 heterocycles. The second-order valence-corrected chi connectivity index (χ2v) is 10.4. The SMILES string of the molecule is Cc1ccc(-c2cc(C(C)C)c3nc(C(=O)N4CCN(C(=O)C5=NCC=N5)CC4(C)C)cn3n2)cc1. The van der Waals surface area contributed by atoms with Gasteiger partial charge in [-0.2, -0.15) is 5.10 Å². The van der Waals surface area contributed by atoms with Gasteiger partial charge in [-0.15, -0.1) is 0 Å². The van der Waals surface area contributed by atoms with Crippen LogP contribution in [0.3, 0.4) is 0 Å². The first-order valence-electron chi connectivity index (χ1n) is 12.3. The molecule has 1 saturated heterocycles. The lowest BCUT2D eigenvalue weighted by molar-refractivity contribution is -0.128. The first kappa shape index (κ1) is 23.8. The Kier molecular flexibility index (Phi) is 5.94. The minimum Gasteiger partial charge on any atom is -0.332 e. The van der Waals surface area contributed by atoms with Gasteiger partial charge >= 0.3 is 0 Å². The topological polar surface area (TPSA) is 95.5 Å². The van der Waals surface area contributed by atoms with Gasteiger partial charge in [-0.05, 0) is 32.8 Å². The zero-order valence-corrected chi connectivity index (χ0v) is 21.4. The lowest BCUT2D eigenvalue weighted by Crippen LogP contribution is -2.62. The van der Waals surface area contributed by atoms with Crippen LogP contribution in [-0.2, 0) is 4.79 Å². The van der Waals surface area contributed by atoms with E-state index >= 15 is 0 Å². The van der Waals surface area contributed by atoms with Crippen molar-refractivity contribution in [3.05, 3.63) is 53.3 Å². The third-order valence-corrected chi connectivity index (χ3v) is 6.80. The molecule has 2 aliphatic rings.